The van der Waals surface area contributed by atoms with Crippen molar-refractivity contribution in [2.75, 3.05) is 0 Å². The number of carboxylic acid groups (broad SMARTS) is 1. The van der Waals surface area contributed by atoms with Crippen LogP contribution >= 0.6 is 11.3 Å². The minimum absolute atomic E-state index is 0.0372. The number of carbonyl (C=O) groups is 1. The number of nitrogens with zero attached hydrogens (tertiary/aromatic N) is 2. The first kappa shape index (κ1) is 11.9. The van der Waals surface area contributed by atoms with Gasteiger partial charge in [0, 0.05) is 23.3 Å². The van der Waals surface area contributed by atoms with Crippen molar-refractivity contribution in [2.24, 2.45) is 0 Å². The molecule has 0 saturated heterocycles. The lowest BCUT2D eigenvalue weighted by molar-refractivity contribution is -0.136. The van der Waals surface area contributed by atoms with Gasteiger partial charge in [-0.05, 0) is 24.1 Å². The molecule has 3 aromatic rings. The summed E-state index contributed by atoms with van der Waals surface area (Å²) in [4.78, 5) is 16.3. The molecule has 0 aliphatic carbocycles. The van der Waals surface area contributed by atoms with E-state index in [1.165, 1.54) is 0 Å². The molecule has 3 rings (SSSR count). The third kappa shape index (κ3) is 2.24. The summed E-state index contributed by atoms with van der Waals surface area (Å²) in [6.07, 6.45) is 3.97. The zero-order valence-electron chi connectivity index (χ0n) is 10.3. The van der Waals surface area contributed by atoms with Crippen molar-refractivity contribution < 1.29 is 9.90 Å². The molecule has 0 aliphatic heterocycles. The Kier molecular flexibility index (Phi) is 2.83. The summed E-state index contributed by atoms with van der Waals surface area (Å²) in [5.74, 6) is -0.819. The number of imidazole rings is 1. The van der Waals surface area contributed by atoms with Crippen LogP contribution in [0, 0.1) is 6.92 Å². The Bertz CT molecular complexity index is 729. The Balaban J connectivity index is 2.07. The first-order chi connectivity index (χ1) is 9.13. The lowest BCUT2D eigenvalue weighted by Gasteiger charge is -2.05. The van der Waals surface area contributed by atoms with Crippen molar-refractivity contribution in [3.05, 3.63) is 47.1 Å². The molecule has 0 amide bonds. The van der Waals surface area contributed by atoms with Crippen molar-refractivity contribution in [3.63, 3.8) is 0 Å². The normalized spacial score (nSPS) is 11.0. The fourth-order valence-electron chi connectivity index (χ4n) is 2.09. The van der Waals surface area contributed by atoms with Crippen molar-refractivity contribution in [2.45, 2.75) is 13.3 Å². The van der Waals surface area contributed by atoms with Gasteiger partial charge in [0.15, 0.2) is 4.96 Å². The highest BCUT2D eigenvalue weighted by atomic mass is 32.1. The van der Waals surface area contributed by atoms with E-state index in [1.807, 2.05) is 47.3 Å². The number of aromatic nitrogens is 2. The fourth-order valence-corrected chi connectivity index (χ4v) is 2.79. The highest BCUT2D eigenvalue weighted by molar-refractivity contribution is 7.15. The number of hydrogen-bond donors (Lipinski definition) is 1. The Morgan fingerprint density at radius 1 is 1.47 bits per heavy atom. The lowest BCUT2D eigenvalue weighted by atomic mass is 10.0. The molecule has 0 aliphatic rings. The first-order valence-corrected chi connectivity index (χ1v) is 6.75. The van der Waals surface area contributed by atoms with Crippen LogP contribution < -0.4 is 0 Å². The standard InChI is InChI=1S/C14H12N2O2S/c1-9-2-3-10(7-13(17)18)6-11(9)12-8-16-4-5-19-14(16)15-12/h2-6,8H,7H2,1H3,(H,17,18). The predicted molar refractivity (Wildman–Crippen MR) is 74.6 cm³/mol. The molecular weight excluding hydrogens is 260 g/mol. The van der Waals surface area contributed by atoms with Gasteiger partial charge in [0.1, 0.15) is 0 Å². The molecule has 0 unspecified atom stereocenters. The summed E-state index contributed by atoms with van der Waals surface area (Å²) >= 11 is 1.58. The van der Waals surface area contributed by atoms with Crippen LogP contribution in [0.4, 0.5) is 0 Å². The first-order valence-electron chi connectivity index (χ1n) is 5.87. The number of thiazole rings is 1. The van der Waals surface area contributed by atoms with E-state index in [9.17, 15) is 4.79 Å². The molecule has 0 bridgehead atoms. The quantitative estimate of drug-likeness (QED) is 0.797. The van der Waals surface area contributed by atoms with E-state index in [0.29, 0.717) is 0 Å². The van der Waals surface area contributed by atoms with Gasteiger partial charge >= 0.3 is 5.97 Å². The second kappa shape index (κ2) is 4.51. The van der Waals surface area contributed by atoms with E-state index in [4.69, 9.17) is 5.11 Å². The SMILES string of the molecule is Cc1ccc(CC(=O)O)cc1-c1cn2ccsc2n1. The van der Waals surface area contributed by atoms with Crippen LogP contribution in [-0.4, -0.2) is 20.5 Å². The fraction of sp³-hybridized carbons (Fsp3) is 0.143. The lowest BCUT2D eigenvalue weighted by Crippen LogP contribution is -2.00. The Morgan fingerprint density at radius 2 is 2.32 bits per heavy atom. The number of rotatable bonds is 3. The van der Waals surface area contributed by atoms with Gasteiger partial charge in [0.2, 0.25) is 0 Å². The van der Waals surface area contributed by atoms with Gasteiger partial charge in [-0.15, -0.1) is 11.3 Å². The highest BCUT2D eigenvalue weighted by Gasteiger charge is 2.10. The number of hydrogen-bond acceptors (Lipinski definition) is 3. The molecule has 5 heteroatoms. The average Bonchev–Trinajstić information content (AvgIpc) is 2.91. The minimum Gasteiger partial charge on any atom is -0.481 e. The van der Waals surface area contributed by atoms with E-state index in [2.05, 4.69) is 4.98 Å². The summed E-state index contributed by atoms with van der Waals surface area (Å²) < 4.78 is 1.98. The Morgan fingerprint density at radius 3 is 3.05 bits per heavy atom. The number of aliphatic carboxylic acids is 1. The zero-order valence-corrected chi connectivity index (χ0v) is 11.1. The van der Waals surface area contributed by atoms with Crippen molar-refractivity contribution >= 4 is 22.3 Å². The number of fused-ring (bicyclic) bond motifs is 1. The summed E-state index contributed by atoms with van der Waals surface area (Å²) in [6.45, 7) is 2.01. The molecule has 0 spiro atoms. The third-order valence-corrected chi connectivity index (χ3v) is 3.80. The van der Waals surface area contributed by atoms with Gasteiger partial charge in [-0.3, -0.25) is 9.20 Å². The molecule has 1 aromatic carbocycles. The molecule has 0 atom stereocenters. The smallest absolute Gasteiger partial charge is 0.307 e. The summed E-state index contributed by atoms with van der Waals surface area (Å²) in [7, 11) is 0. The largest absolute Gasteiger partial charge is 0.481 e. The van der Waals surface area contributed by atoms with Gasteiger partial charge in [-0.25, -0.2) is 4.98 Å². The predicted octanol–water partition coefficient (Wildman–Crippen LogP) is 3.00. The van der Waals surface area contributed by atoms with Gasteiger partial charge in [-0.2, -0.15) is 0 Å². The topological polar surface area (TPSA) is 54.6 Å². The van der Waals surface area contributed by atoms with Crippen LogP contribution in [0.1, 0.15) is 11.1 Å². The molecule has 0 fully saturated rings. The number of benzene rings is 1. The van der Waals surface area contributed by atoms with E-state index in [0.717, 1.165) is 27.3 Å². The maximum Gasteiger partial charge on any atom is 0.307 e. The van der Waals surface area contributed by atoms with Crippen molar-refractivity contribution in [1.82, 2.24) is 9.38 Å². The summed E-state index contributed by atoms with van der Waals surface area (Å²) in [5.41, 5.74) is 3.77. The van der Waals surface area contributed by atoms with Crippen LogP contribution in [0.3, 0.4) is 0 Å². The molecular formula is C14H12N2O2S. The highest BCUT2D eigenvalue weighted by Crippen LogP contribution is 2.25. The van der Waals surface area contributed by atoms with Gasteiger partial charge in [-0.1, -0.05) is 12.1 Å². The Hall–Kier alpha value is -2.14. The van der Waals surface area contributed by atoms with Crippen LogP contribution in [-0.2, 0) is 11.2 Å². The van der Waals surface area contributed by atoms with Crippen LogP contribution in [0.2, 0.25) is 0 Å². The molecule has 0 radical (unpaired) electrons. The Labute approximate surface area is 114 Å². The maximum atomic E-state index is 10.8. The van der Waals surface area contributed by atoms with Gasteiger partial charge < -0.3 is 5.11 Å². The number of carboxylic acids is 1. The monoisotopic (exact) mass is 272 g/mol. The maximum absolute atomic E-state index is 10.8. The van der Waals surface area contributed by atoms with Gasteiger partial charge in [0.05, 0.1) is 12.1 Å². The molecule has 0 saturated carbocycles. The van der Waals surface area contributed by atoms with Crippen LogP contribution in [0.5, 0.6) is 0 Å². The van der Waals surface area contributed by atoms with Crippen LogP contribution in [0.25, 0.3) is 16.2 Å². The molecule has 2 heterocycles. The minimum atomic E-state index is -0.819. The van der Waals surface area contributed by atoms with Crippen molar-refractivity contribution in [3.8, 4) is 11.3 Å². The zero-order chi connectivity index (χ0) is 13.4. The van der Waals surface area contributed by atoms with Gasteiger partial charge in [0.25, 0.3) is 0 Å². The molecule has 96 valence electrons. The molecule has 19 heavy (non-hydrogen) atoms. The average molecular weight is 272 g/mol. The molecule has 2 aromatic heterocycles. The molecule has 1 N–H and O–H groups in total. The van der Waals surface area contributed by atoms with Crippen molar-refractivity contribution in [1.29, 1.82) is 0 Å². The van der Waals surface area contributed by atoms with E-state index in [1.54, 1.807) is 11.3 Å². The van der Waals surface area contributed by atoms with E-state index < -0.39 is 5.97 Å². The van der Waals surface area contributed by atoms with E-state index in [-0.39, 0.29) is 6.42 Å². The van der Waals surface area contributed by atoms with E-state index >= 15 is 0 Å². The summed E-state index contributed by atoms with van der Waals surface area (Å²) in [5, 5.41) is 10.8. The molecule has 4 nitrogen and oxygen atoms in total. The second-order valence-electron chi connectivity index (χ2n) is 4.44. The summed E-state index contributed by atoms with van der Waals surface area (Å²) in [6, 6.07) is 5.71. The third-order valence-electron chi connectivity index (χ3n) is 3.03. The van der Waals surface area contributed by atoms with Crippen LogP contribution in [0.15, 0.2) is 36.0 Å². The number of aryl methyl sites for hydroxylation is 1. The second-order valence-corrected chi connectivity index (χ2v) is 5.31.